The molecule has 152 valence electrons. The minimum absolute atomic E-state index is 0.0423. The summed E-state index contributed by atoms with van der Waals surface area (Å²) in [5, 5.41) is 4.77. The van der Waals surface area contributed by atoms with E-state index in [-0.39, 0.29) is 15.7 Å². The van der Waals surface area contributed by atoms with E-state index in [0.29, 0.717) is 6.54 Å². The summed E-state index contributed by atoms with van der Waals surface area (Å²) in [6.45, 7) is 4.43. The van der Waals surface area contributed by atoms with E-state index in [9.17, 15) is 13.2 Å². The fourth-order valence-corrected chi connectivity index (χ4v) is 6.56. The first-order valence-corrected chi connectivity index (χ1v) is 12.4. The number of nitrogens with one attached hydrogen (secondary N) is 2. The maximum Gasteiger partial charge on any atom is 0.250 e. The van der Waals surface area contributed by atoms with Crippen molar-refractivity contribution in [3.63, 3.8) is 0 Å². The van der Waals surface area contributed by atoms with E-state index in [1.54, 1.807) is 24.4 Å². The number of carbonyl (C=O) groups excluding carboxylic acids is 1. The Balaban J connectivity index is 1.60. The van der Waals surface area contributed by atoms with E-state index in [1.807, 2.05) is 0 Å². The maximum absolute atomic E-state index is 12.6. The monoisotopic (exact) mass is 413 g/mol. The molecule has 2 aliphatic rings. The molecule has 0 radical (unpaired) electrons. The van der Waals surface area contributed by atoms with Gasteiger partial charge in [-0.25, -0.2) is 8.42 Å². The molecule has 1 saturated heterocycles. The van der Waals surface area contributed by atoms with Crippen LogP contribution in [-0.4, -0.2) is 50.4 Å². The number of rotatable bonds is 7. The topological polar surface area (TPSA) is 78.5 Å². The molecule has 2 N–H and O–H groups in total. The number of amides is 1. The first kappa shape index (κ1) is 20.8. The fourth-order valence-electron chi connectivity index (χ4n) is 4.35. The van der Waals surface area contributed by atoms with Gasteiger partial charge in [0.2, 0.25) is 5.91 Å². The Bertz CT molecular complexity index is 707. The second-order valence-corrected chi connectivity index (χ2v) is 10.7. The number of hydrogen-bond acceptors (Lipinski definition) is 5. The number of piperidine rings is 1. The lowest BCUT2D eigenvalue weighted by Gasteiger charge is -2.48. The highest BCUT2D eigenvalue weighted by Gasteiger charge is 2.39. The zero-order chi connectivity index (χ0) is 19.3. The number of sulfonamides is 1. The molecule has 1 aromatic rings. The van der Waals surface area contributed by atoms with Crippen LogP contribution in [0.4, 0.5) is 0 Å². The minimum atomic E-state index is -3.64. The molecule has 1 saturated carbocycles. The third-order valence-corrected chi connectivity index (χ3v) is 8.83. The molecule has 1 unspecified atom stereocenters. The van der Waals surface area contributed by atoms with E-state index in [2.05, 4.69) is 14.9 Å². The predicted octanol–water partition coefficient (Wildman–Crippen LogP) is 2.72. The lowest BCUT2D eigenvalue weighted by Crippen LogP contribution is -2.59. The number of likely N-dealkylation sites (tertiary alicyclic amines) is 1. The molecular weight excluding hydrogens is 382 g/mol. The Hall–Kier alpha value is -0.960. The number of hydrogen-bond donors (Lipinski definition) is 2. The molecule has 1 atom stereocenters. The van der Waals surface area contributed by atoms with Crippen LogP contribution in [0.2, 0.25) is 0 Å². The predicted molar refractivity (Wildman–Crippen MR) is 108 cm³/mol. The fraction of sp³-hybridized carbons (Fsp3) is 0.737. The Kier molecular flexibility index (Phi) is 6.94. The molecule has 6 nitrogen and oxygen atoms in total. The molecular formula is C19H31N3O3S2. The summed E-state index contributed by atoms with van der Waals surface area (Å²) in [4.78, 5) is 15.2. The molecule has 0 bridgehead atoms. The Morgan fingerprint density at radius 2 is 1.85 bits per heavy atom. The minimum Gasteiger partial charge on any atom is -0.353 e. The summed E-state index contributed by atoms with van der Waals surface area (Å²) in [7, 11) is -3.64. The lowest BCUT2D eigenvalue weighted by atomic mass is 9.79. The van der Waals surface area contributed by atoms with Gasteiger partial charge < -0.3 is 5.32 Å². The van der Waals surface area contributed by atoms with E-state index >= 15 is 0 Å². The number of carbonyl (C=O) groups is 1. The van der Waals surface area contributed by atoms with Gasteiger partial charge in [0.05, 0.1) is 6.04 Å². The Morgan fingerprint density at radius 1 is 1.19 bits per heavy atom. The summed E-state index contributed by atoms with van der Waals surface area (Å²) in [5.74, 6) is -0.253. The first-order chi connectivity index (χ1) is 12.9. The van der Waals surface area contributed by atoms with Crippen molar-refractivity contribution in [2.24, 2.45) is 0 Å². The molecule has 1 aliphatic carbocycles. The normalized spacial score (nSPS) is 22.3. The third kappa shape index (κ3) is 5.10. The van der Waals surface area contributed by atoms with Gasteiger partial charge in [-0.15, -0.1) is 11.3 Å². The van der Waals surface area contributed by atoms with Crippen molar-refractivity contribution >= 4 is 27.3 Å². The second kappa shape index (κ2) is 9.03. The van der Waals surface area contributed by atoms with Gasteiger partial charge in [-0.3, -0.25) is 9.69 Å². The summed E-state index contributed by atoms with van der Waals surface area (Å²) < 4.78 is 27.4. The molecule has 8 heteroatoms. The van der Waals surface area contributed by atoms with Crippen LogP contribution in [0.3, 0.4) is 0 Å². The van der Waals surface area contributed by atoms with Crippen molar-refractivity contribution in [1.29, 1.82) is 0 Å². The van der Waals surface area contributed by atoms with Crippen molar-refractivity contribution in [3.8, 4) is 0 Å². The average Bonchev–Trinajstić information content (AvgIpc) is 3.23. The lowest BCUT2D eigenvalue weighted by molar-refractivity contribution is -0.123. The van der Waals surface area contributed by atoms with Gasteiger partial charge in [0, 0.05) is 12.1 Å². The molecule has 1 amide bonds. The van der Waals surface area contributed by atoms with E-state index in [1.165, 1.54) is 38.5 Å². The largest absolute Gasteiger partial charge is 0.353 e. The van der Waals surface area contributed by atoms with E-state index in [0.717, 1.165) is 37.3 Å². The van der Waals surface area contributed by atoms with Gasteiger partial charge in [0.25, 0.3) is 10.0 Å². The van der Waals surface area contributed by atoms with Gasteiger partial charge in [-0.05, 0) is 57.1 Å². The van der Waals surface area contributed by atoms with Crippen molar-refractivity contribution in [2.75, 3.05) is 19.6 Å². The molecule has 3 rings (SSSR count). The molecule has 0 aromatic carbocycles. The summed E-state index contributed by atoms with van der Waals surface area (Å²) >= 11 is 1.15. The van der Waals surface area contributed by atoms with Crippen LogP contribution < -0.4 is 10.0 Å². The highest BCUT2D eigenvalue weighted by atomic mass is 32.2. The van der Waals surface area contributed by atoms with Crippen molar-refractivity contribution in [1.82, 2.24) is 14.9 Å². The molecule has 1 aliphatic heterocycles. The third-order valence-electron chi connectivity index (χ3n) is 5.89. The van der Waals surface area contributed by atoms with Crippen LogP contribution >= 0.6 is 11.3 Å². The first-order valence-electron chi connectivity index (χ1n) is 10.0. The Labute approximate surface area is 166 Å². The highest BCUT2D eigenvalue weighted by molar-refractivity contribution is 7.91. The van der Waals surface area contributed by atoms with Gasteiger partial charge in [-0.2, -0.15) is 4.72 Å². The van der Waals surface area contributed by atoms with Gasteiger partial charge >= 0.3 is 0 Å². The average molecular weight is 414 g/mol. The molecule has 2 heterocycles. The van der Waals surface area contributed by atoms with Crippen LogP contribution in [0.1, 0.15) is 58.3 Å². The SMILES string of the molecule is CC(NS(=O)(=O)c1cccs1)C(=O)NCC1(N2CCCCC2)CCCCC1. The van der Waals surface area contributed by atoms with Crippen molar-refractivity contribution < 1.29 is 13.2 Å². The molecule has 27 heavy (non-hydrogen) atoms. The van der Waals surface area contributed by atoms with Crippen molar-refractivity contribution in [3.05, 3.63) is 17.5 Å². The van der Waals surface area contributed by atoms with Crippen molar-refractivity contribution in [2.45, 2.75) is 74.1 Å². The zero-order valence-electron chi connectivity index (χ0n) is 16.1. The van der Waals surface area contributed by atoms with Gasteiger partial charge in [-0.1, -0.05) is 31.7 Å². The van der Waals surface area contributed by atoms with Crippen LogP contribution in [-0.2, 0) is 14.8 Å². The maximum atomic E-state index is 12.6. The highest BCUT2D eigenvalue weighted by Crippen LogP contribution is 2.35. The summed E-state index contributed by atoms with van der Waals surface area (Å²) in [5.41, 5.74) is 0.0423. The van der Waals surface area contributed by atoms with Crippen LogP contribution in [0.5, 0.6) is 0 Å². The summed E-state index contributed by atoms with van der Waals surface area (Å²) in [6, 6.07) is 2.44. The van der Waals surface area contributed by atoms with E-state index < -0.39 is 16.1 Å². The second-order valence-electron chi connectivity index (χ2n) is 7.83. The van der Waals surface area contributed by atoms with Crippen LogP contribution in [0, 0.1) is 0 Å². The van der Waals surface area contributed by atoms with Crippen LogP contribution in [0.25, 0.3) is 0 Å². The summed E-state index contributed by atoms with van der Waals surface area (Å²) in [6.07, 6.45) is 9.64. The number of nitrogens with zero attached hydrogens (tertiary/aromatic N) is 1. The van der Waals surface area contributed by atoms with Crippen LogP contribution in [0.15, 0.2) is 21.7 Å². The smallest absolute Gasteiger partial charge is 0.250 e. The van der Waals surface area contributed by atoms with Gasteiger partial charge in [0.1, 0.15) is 4.21 Å². The molecule has 2 fully saturated rings. The zero-order valence-corrected chi connectivity index (χ0v) is 17.7. The van der Waals surface area contributed by atoms with E-state index in [4.69, 9.17) is 0 Å². The molecule has 1 aromatic heterocycles. The Morgan fingerprint density at radius 3 is 2.48 bits per heavy atom. The standard InChI is InChI=1S/C19H31N3O3S2/c1-16(21-27(24,25)17-9-8-14-26-17)18(23)20-15-19(10-4-2-5-11-19)22-12-6-3-7-13-22/h8-9,14,16,21H,2-7,10-13,15H2,1H3,(H,20,23). The van der Waals surface area contributed by atoms with Gasteiger partial charge in [0.15, 0.2) is 0 Å². The molecule has 0 spiro atoms. The quantitative estimate of drug-likeness (QED) is 0.720. The number of thiophene rings is 1.